The van der Waals surface area contributed by atoms with Gasteiger partial charge in [-0.25, -0.2) is 0 Å². The number of aliphatic hydroxyl groups excluding tert-OH is 2. The summed E-state index contributed by atoms with van der Waals surface area (Å²) in [5.41, 5.74) is 0. The average Bonchev–Trinajstić information content (AvgIpc) is 2.71. The minimum atomic E-state index is -0.757. The molecule has 0 spiro atoms. The van der Waals surface area contributed by atoms with Gasteiger partial charge >= 0.3 is 5.97 Å². The van der Waals surface area contributed by atoms with Crippen LogP contribution in [0, 0.1) is 0 Å². The van der Waals surface area contributed by atoms with Crippen LogP contribution in [-0.4, -0.2) is 35.0 Å². The highest BCUT2D eigenvalue weighted by Gasteiger charge is 2.22. The van der Waals surface area contributed by atoms with Gasteiger partial charge in [-0.2, -0.15) is 0 Å². The van der Waals surface area contributed by atoms with Gasteiger partial charge in [0.05, 0.1) is 6.10 Å². The van der Waals surface area contributed by atoms with Crippen molar-refractivity contribution >= 4 is 5.97 Å². The molecule has 0 amide bonds. The lowest BCUT2D eigenvalue weighted by Crippen LogP contribution is -2.32. The summed E-state index contributed by atoms with van der Waals surface area (Å²) in [7, 11) is 0. The summed E-state index contributed by atoms with van der Waals surface area (Å²) >= 11 is 0. The summed E-state index contributed by atoms with van der Waals surface area (Å²) in [5, 5.41) is 19.3. The molecule has 0 radical (unpaired) electrons. The van der Waals surface area contributed by atoms with Crippen molar-refractivity contribution in [2.24, 2.45) is 0 Å². The first-order valence-electron chi connectivity index (χ1n) is 12.6. The third-order valence-corrected chi connectivity index (χ3v) is 5.71. The van der Waals surface area contributed by atoms with Crippen LogP contribution in [0.4, 0.5) is 0 Å². The summed E-state index contributed by atoms with van der Waals surface area (Å²) < 4.78 is 5.58. The second-order valence-corrected chi connectivity index (χ2v) is 8.60. The van der Waals surface area contributed by atoms with Crippen molar-refractivity contribution in [2.75, 3.05) is 6.61 Å². The molecule has 2 atom stereocenters. The Morgan fingerprint density at radius 1 is 0.690 bits per heavy atom. The van der Waals surface area contributed by atoms with Crippen LogP contribution in [-0.2, 0) is 9.53 Å². The molecule has 4 nitrogen and oxygen atoms in total. The topological polar surface area (TPSA) is 66.8 Å². The van der Waals surface area contributed by atoms with Crippen LogP contribution in [0.5, 0.6) is 0 Å². The lowest BCUT2D eigenvalue weighted by Gasteiger charge is -2.23. The minimum Gasteiger partial charge on any atom is -0.460 e. The van der Waals surface area contributed by atoms with Gasteiger partial charge < -0.3 is 14.9 Å². The van der Waals surface area contributed by atoms with Gasteiger partial charge in [0.1, 0.15) is 6.10 Å². The Morgan fingerprint density at radius 2 is 1.14 bits per heavy atom. The monoisotopic (exact) mass is 414 g/mol. The lowest BCUT2D eigenvalue weighted by molar-refractivity contribution is -0.156. The maximum absolute atomic E-state index is 12.2. The molecule has 0 rings (SSSR count). The predicted octanol–water partition coefficient (Wildman–Crippen LogP) is 6.70. The van der Waals surface area contributed by atoms with Crippen LogP contribution >= 0.6 is 0 Å². The molecule has 29 heavy (non-hydrogen) atoms. The second-order valence-electron chi connectivity index (χ2n) is 8.60. The highest BCUT2D eigenvalue weighted by Crippen LogP contribution is 2.17. The molecule has 0 aliphatic heterocycles. The van der Waals surface area contributed by atoms with Crippen molar-refractivity contribution in [3.8, 4) is 0 Å². The molecule has 2 unspecified atom stereocenters. The first kappa shape index (κ1) is 28.4. The zero-order valence-electron chi connectivity index (χ0n) is 19.5. The van der Waals surface area contributed by atoms with E-state index in [0.29, 0.717) is 12.8 Å². The molecule has 0 aromatic rings. The summed E-state index contributed by atoms with van der Waals surface area (Å²) in [6.07, 6.45) is 19.5. The van der Waals surface area contributed by atoms with Crippen LogP contribution in [0.3, 0.4) is 0 Å². The quantitative estimate of drug-likeness (QED) is 0.153. The lowest BCUT2D eigenvalue weighted by atomic mass is 10.0. The summed E-state index contributed by atoms with van der Waals surface area (Å²) in [5.74, 6) is -0.197. The van der Waals surface area contributed by atoms with E-state index >= 15 is 0 Å². The van der Waals surface area contributed by atoms with E-state index in [4.69, 9.17) is 9.84 Å². The van der Waals surface area contributed by atoms with E-state index in [1.807, 2.05) is 0 Å². The van der Waals surface area contributed by atoms with Crippen molar-refractivity contribution in [1.29, 1.82) is 0 Å². The maximum atomic E-state index is 12.2. The SMILES string of the molecule is CCCCCCCCCCC(=O)OC(CCCCCCCCCC)C(O)CCO. The number of hydrogen-bond acceptors (Lipinski definition) is 4. The van der Waals surface area contributed by atoms with Gasteiger partial charge in [0.15, 0.2) is 0 Å². The molecule has 0 saturated heterocycles. The smallest absolute Gasteiger partial charge is 0.306 e. The van der Waals surface area contributed by atoms with E-state index in [2.05, 4.69) is 13.8 Å². The number of carbonyl (C=O) groups is 1. The molecule has 0 bridgehead atoms. The van der Waals surface area contributed by atoms with Crippen LogP contribution < -0.4 is 0 Å². The molecule has 0 heterocycles. The standard InChI is InChI=1S/C25H50O4/c1-3-5-7-9-11-13-15-17-19-24(23(27)21-22-26)29-25(28)20-18-16-14-12-10-8-6-4-2/h23-24,26-27H,3-22H2,1-2H3. The Kier molecular flexibility index (Phi) is 21.6. The van der Waals surface area contributed by atoms with E-state index in [9.17, 15) is 9.90 Å². The van der Waals surface area contributed by atoms with Crippen LogP contribution in [0.1, 0.15) is 136 Å². The molecule has 4 heteroatoms. The first-order chi connectivity index (χ1) is 14.2. The van der Waals surface area contributed by atoms with Crippen molar-refractivity contribution < 1.29 is 19.7 Å². The normalized spacial score (nSPS) is 13.4. The molecule has 0 aromatic heterocycles. The molecule has 0 aliphatic carbocycles. The number of unbranched alkanes of at least 4 members (excludes halogenated alkanes) is 14. The van der Waals surface area contributed by atoms with Crippen molar-refractivity contribution in [3.05, 3.63) is 0 Å². The van der Waals surface area contributed by atoms with Crippen LogP contribution in [0.15, 0.2) is 0 Å². The Morgan fingerprint density at radius 3 is 1.62 bits per heavy atom. The van der Waals surface area contributed by atoms with Gasteiger partial charge in [-0.05, 0) is 19.3 Å². The average molecular weight is 415 g/mol. The van der Waals surface area contributed by atoms with Crippen molar-refractivity contribution in [3.63, 3.8) is 0 Å². The Hall–Kier alpha value is -0.610. The fourth-order valence-corrected chi connectivity index (χ4v) is 3.76. The largest absolute Gasteiger partial charge is 0.460 e. The highest BCUT2D eigenvalue weighted by atomic mass is 16.6. The van der Waals surface area contributed by atoms with E-state index in [-0.39, 0.29) is 19.0 Å². The second kappa shape index (κ2) is 22.1. The molecule has 2 N–H and O–H groups in total. The Balaban J connectivity index is 3.92. The van der Waals surface area contributed by atoms with Gasteiger partial charge in [0.2, 0.25) is 0 Å². The Bertz CT molecular complexity index is 346. The van der Waals surface area contributed by atoms with Crippen LogP contribution in [0.25, 0.3) is 0 Å². The van der Waals surface area contributed by atoms with Crippen LogP contribution in [0.2, 0.25) is 0 Å². The molecular weight excluding hydrogens is 364 g/mol. The number of carbonyl (C=O) groups excluding carboxylic acids is 1. The number of ether oxygens (including phenoxy) is 1. The van der Waals surface area contributed by atoms with Gasteiger partial charge in [0.25, 0.3) is 0 Å². The molecule has 0 saturated carbocycles. The fourth-order valence-electron chi connectivity index (χ4n) is 3.76. The third-order valence-electron chi connectivity index (χ3n) is 5.71. The molecule has 0 aromatic carbocycles. The molecule has 174 valence electrons. The molecular formula is C25H50O4. The fraction of sp³-hybridized carbons (Fsp3) is 0.960. The minimum absolute atomic E-state index is 0.0787. The van der Waals surface area contributed by atoms with Gasteiger partial charge in [-0.1, -0.05) is 104 Å². The first-order valence-corrected chi connectivity index (χ1v) is 12.6. The van der Waals surface area contributed by atoms with E-state index in [1.165, 1.54) is 77.0 Å². The number of rotatable bonds is 22. The van der Waals surface area contributed by atoms with Crippen molar-refractivity contribution in [1.82, 2.24) is 0 Å². The predicted molar refractivity (Wildman–Crippen MR) is 122 cm³/mol. The number of aliphatic hydroxyl groups is 2. The van der Waals surface area contributed by atoms with Gasteiger partial charge in [-0.3, -0.25) is 4.79 Å². The molecule has 0 aliphatic rings. The van der Waals surface area contributed by atoms with Gasteiger partial charge in [-0.15, -0.1) is 0 Å². The summed E-state index contributed by atoms with van der Waals surface area (Å²) in [6, 6.07) is 0. The summed E-state index contributed by atoms with van der Waals surface area (Å²) in [4.78, 5) is 12.2. The van der Waals surface area contributed by atoms with E-state index in [1.54, 1.807) is 0 Å². The number of hydrogen-bond donors (Lipinski definition) is 2. The Labute approximate surface area is 180 Å². The number of esters is 1. The highest BCUT2D eigenvalue weighted by molar-refractivity contribution is 5.69. The maximum Gasteiger partial charge on any atom is 0.306 e. The zero-order chi connectivity index (χ0) is 21.6. The molecule has 0 fully saturated rings. The van der Waals surface area contributed by atoms with Gasteiger partial charge in [0, 0.05) is 19.4 Å². The van der Waals surface area contributed by atoms with E-state index in [0.717, 1.165) is 25.7 Å². The van der Waals surface area contributed by atoms with Crippen molar-refractivity contribution in [2.45, 2.75) is 148 Å². The summed E-state index contributed by atoms with van der Waals surface area (Å²) in [6.45, 7) is 4.38. The van der Waals surface area contributed by atoms with E-state index < -0.39 is 12.2 Å². The third kappa shape index (κ3) is 19.1. The zero-order valence-corrected chi connectivity index (χ0v) is 19.5.